The van der Waals surface area contributed by atoms with Crippen molar-refractivity contribution in [2.24, 2.45) is 0 Å². The number of nitrogen functional groups attached to an aromatic ring is 1. The number of fused-ring (bicyclic) bond motifs is 1. The minimum atomic E-state index is -1.15. The van der Waals surface area contributed by atoms with Crippen molar-refractivity contribution in [3.63, 3.8) is 0 Å². The summed E-state index contributed by atoms with van der Waals surface area (Å²) in [7, 11) is 0. The molecule has 1 fully saturated rings. The fraction of sp³-hybridized carbons (Fsp3) is 0.385. The molecule has 2 amide bonds. The number of benzene rings is 1. The fourth-order valence-electron chi connectivity index (χ4n) is 2.78. The number of aliphatic hydroxyl groups excluding tert-OH is 2. The first-order chi connectivity index (χ1) is 9.50. The summed E-state index contributed by atoms with van der Waals surface area (Å²) in [5, 5.41) is 21.9. The van der Waals surface area contributed by atoms with Crippen molar-refractivity contribution in [2.75, 3.05) is 5.73 Å². The Morgan fingerprint density at radius 1 is 1.20 bits per heavy atom. The topological polar surface area (TPSA) is 116 Å². The van der Waals surface area contributed by atoms with Crippen molar-refractivity contribution in [3.8, 4) is 0 Å². The number of carbonyl (C=O) groups is 2. The van der Waals surface area contributed by atoms with Gasteiger partial charge in [-0.1, -0.05) is 6.07 Å². The number of hydrogen-bond acceptors (Lipinski definition) is 6. The Kier molecular flexibility index (Phi) is 2.97. The first-order valence-corrected chi connectivity index (χ1v) is 6.39. The second kappa shape index (κ2) is 4.55. The summed E-state index contributed by atoms with van der Waals surface area (Å²) in [4.78, 5) is 25.7. The van der Waals surface area contributed by atoms with E-state index in [1.807, 2.05) is 0 Å². The maximum Gasteiger partial charge on any atom is 0.264 e. The molecule has 0 radical (unpaired) electrons. The lowest BCUT2D eigenvalue weighted by Crippen LogP contribution is -2.58. The third kappa shape index (κ3) is 1.79. The predicted molar refractivity (Wildman–Crippen MR) is 69.5 cm³/mol. The molecule has 0 spiro atoms. The van der Waals surface area contributed by atoms with Gasteiger partial charge in [0.1, 0.15) is 12.5 Å². The Balaban J connectivity index is 1.96. The molecule has 2 aliphatic rings. The SMILES string of the molecule is Nc1cccc2c1C(=O)N(C1CCC(O)NC1O)C2=O. The van der Waals surface area contributed by atoms with Crippen molar-refractivity contribution < 1.29 is 19.8 Å². The number of aliphatic hydroxyl groups is 2. The van der Waals surface area contributed by atoms with E-state index in [4.69, 9.17) is 5.73 Å². The number of anilines is 1. The molecule has 0 aliphatic carbocycles. The normalized spacial score (nSPS) is 29.7. The van der Waals surface area contributed by atoms with E-state index in [0.717, 1.165) is 4.90 Å². The van der Waals surface area contributed by atoms with Crippen molar-refractivity contribution in [3.05, 3.63) is 29.3 Å². The third-order valence-corrected chi connectivity index (χ3v) is 3.77. The Morgan fingerprint density at radius 2 is 1.95 bits per heavy atom. The van der Waals surface area contributed by atoms with Crippen molar-refractivity contribution in [2.45, 2.75) is 31.3 Å². The summed E-state index contributed by atoms with van der Waals surface area (Å²) in [6.07, 6.45) is -1.30. The van der Waals surface area contributed by atoms with Gasteiger partial charge >= 0.3 is 0 Å². The molecule has 7 nitrogen and oxygen atoms in total. The van der Waals surface area contributed by atoms with Crippen molar-refractivity contribution in [1.82, 2.24) is 10.2 Å². The molecule has 3 rings (SSSR count). The molecule has 1 aromatic rings. The largest absolute Gasteiger partial charge is 0.398 e. The summed E-state index contributed by atoms with van der Waals surface area (Å²) in [6.45, 7) is 0. The monoisotopic (exact) mass is 277 g/mol. The van der Waals surface area contributed by atoms with Crippen LogP contribution in [0.3, 0.4) is 0 Å². The molecule has 3 unspecified atom stereocenters. The number of imide groups is 1. The van der Waals surface area contributed by atoms with Crippen LogP contribution in [-0.2, 0) is 0 Å². The lowest BCUT2D eigenvalue weighted by molar-refractivity contribution is -0.0413. The molecular weight excluding hydrogens is 262 g/mol. The van der Waals surface area contributed by atoms with Crippen LogP contribution in [-0.4, -0.2) is 45.4 Å². The minimum Gasteiger partial charge on any atom is -0.398 e. The molecule has 1 aromatic carbocycles. The smallest absolute Gasteiger partial charge is 0.264 e. The van der Waals surface area contributed by atoms with Gasteiger partial charge in [-0.3, -0.25) is 19.8 Å². The highest BCUT2D eigenvalue weighted by Crippen LogP contribution is 2.31. The quantitative estimate of drug-likeness (QED) is 0.396. The molecule has 0 saturated carbocycles. The van der Waals surface area contributed by atoms with Gasteiger partial charge in [0.2, 0.25) is 0 Å². The molecule has 0 bridgehead atoms. The van der Waals surface area contributed by atoms with E-state index in [0.29, 0.717) is 12.8 Å². The number of carbonyl (C=O) groups excluding carboxylic acids is 2. The number of nitrogens with one attached hydrogen (secondary N) is 1. The number of rotatable bonds is 1. The fourth-order valence-corrected chi connectivity index (χ4v) is 2.78. The Hall–Kier alpha value is -1.96. The van der Waals surface area contributed by atoms with Gasteiger partial charge in [0.25, 0.3) is 11.8 Å². The zero-order valence-corrected chi connectivity index (χ0v) is 10.6. The van der Waals surface area contributed by atoms with Gasteiger partial charge in [0, 0.05) is 5.69 Å². The van der Waals surface area contributed by atoms with Crippen LogP contribution in [0.4, 0.5) is 5.69 Å². The van der Waals surface area contributed by atoms with Crippen LogP contribution in [0.1, 0.15) is 33.6 Å². The standard InChI is InChI=1S/C13H15N3O4/c14-7-3-1-2-6-10(7)13(20)16(12(6)19)8-4-5-9(17)15-11(8)18/h1-3,8-9,11,15,17-18H,4-5,14H2. The molecule has 7 heteroatoms. The van der Waals surface area contributed by atoms with E-state index >= 15 is 0 Å². The highest BCUT2D eigenvalue weighted by Gasteiger charge is 2.45. The Morgan fingerprint density at radius 3 is 2.60 bits per heavy atom. The van der Waals surface area contributed by atoms with Gasteiger partial charge in [-0.25, -0.2) is 0 Å². The highest BCUT2D eigenvalue weighted by molar-refractivity contribution is 6.23. The molecule has 5 N–H and O–H groups in total. The number of amides is 2. The van der Waals surface area contributed by atoms with Crippen LogP contribution in [0, 0.1) is 0 Å². The van der Waals surface area contributed by atoms with E-state index in [-0.39, 0.29) is 16.8 Å². The molecule has 20 heavy (non-hydrogen) atoms. The zero-order valence-electron chi connectivity index (χ0n) is 10.6. The van der Waals surface area contributed by atoms with Gasteiger partial charge in [-0.15, -0.1) is 0 Å². The number of hydrogen-bond donors (Lipinski definition) is 4. The number of nitrogens with zero attached hydrogens (tertiary/aromatic N) is 1. The van der Waals surface area contributed by atoms with E-state index in [1.54, 1.807) is 18.2 Å². The predicted octanol–water partition coefficient (Wildman–Crippen LogP) is -0.746. The number of piperidine rings is 1. The van der Waals surface area contributed by atoms with Gasteiger partial charge < -0.3 is 15.9 Å². The second-order valence-corrected chi connectivity index (χ2v) is 5.02. The summed E-state index contributed by atoms with van der Waals surface area (Å²) < 4.78 is 0. The minimum absolute atomic E-state index is 0.191. The Labute approximate surface area is 115 Å². The molecule has 0 aromatic heterocycles. The van der Waals surface area contributed by atoms with Gasteiger partial charge in [-0.05, 0) is 25.0 Å². The maximum absolute atomic E-state index is 12.4. The summed E-state index contributed by atoms with van der Waals surface area (Å²) >= 11 is 0. The molecule has 1 saturated heterocycles. The molecule has 2 aliphatic heterocycles. The molecular formula is C13H15N3O4. The van der Waals surface area contributed by atoms with Crippen LogP contribution in [0.5, 0.6) is 0 Å². The van der Waals surface area contributed by atoms with Gasteiger partial charge in [-0.2, -0.15) is 0 Å². The van der Waals surface area contributed by atoms with Crippen LogP contribution in [0.25, 0.3) is 0 Å². The second-order valence-electron chi connectivity index (χ2n) is 5.02. The maximum atomic E-state index is 12.4. The summed E-state index contributed by atoms with van der Waals surface area (Å²) in [5.41, 5.74) is 6.45. The van der Waals surface area contributed by atoms with Crippen LogP contribution >= 0.6 is 0 Å². The van der Waals surface area contributed by atoms with E-state index in [9.17, 15) is 19.8 Å². The lowest BCUT2D eigenvalue weighted by atomic mass is 10.0. The first kappa shape index (κ1) is 13.0. The number of nitrogens with two attached hydrogens (primary N) is 1. The third-order valence-electron chi connectivity index (χ3n) is 3.77. The van der Waals surface area contributed by atoms with E-state index in [2.05, 4.69) is 5.32 Å². The molecule has 3 atom stereocenters. The highest BCUT2D eigenvalue weighted by atomic mass is 16.3. The average Bonchev–Trinajstić information content (AvgIpc) is 2.64. The van der Waals surface area contributed by atoms with Crippen LogP contribution < -0.4 is 11.1 Å². The van der Waals surface area contributed by atoms with Gasteiger partial charge in [0.05, 0.1) is 17.2 Å². The van der Waals surface area contributed by atoms with Crippen LogP contribution in [0.2, 0.25) is 0 Å². The van der Waals surface area contributed by atoms with E-state index < -0.39 is 30.3 Å². The lowest BCUT2D eigenvalue weighted by Gasteiger charge is -2.36. The first-order valence-electron chi connectivity index (χ1n) is 6.39. The summed E-state index contributed by atoms with van der Waals surface area (Å²) in [5.74, 6) is -0.954. The molecule has 106 valence electrons. The van der Waals surface area contributed by atoms with Crippen LogP contribution in [0.15, 0.2) is 18.2 Å². The Bertz CT molecular complexity index is 589. The van der Waals surface area contributed by atoms with E-state index in [1.165, 1.54) is 0 Å². The van der Waals surface area contributed by atoms with Crippen molar-refractivity contribution >= 4 is 17.5 Å². The zero-order chi connectivity index (χ0) is 14.4. The van der Waals surface area contributed by atoms with Gasteiger partial charge in [0.15, 0.2) is 0 Å². The van der Waals surface area contributed by atoms with Crippen molar-refractivity contribution in [1.29, 1.82) is 0 Å². The molecule has 2 heterocycles. The summed E-state index contributed by atoms with van der Waals surface area (Å²) in [6, 6.07) is 4.02. The average molecular weight is 277 g/mol.